The predicted octanol–water partition coefficient (Wildman–Crippen LogP) is 3.76. The lowest BCUT2D eigenvalue weighted by molar-refractivity contribution is -0.121. The summed E-state index contributed by atoms with van der Waals surface area (Å²) in [5.74, 6) is -0.328. The molecule has 156 valence electrons. The standard InChI is InChI=1S/C22H22IN3O2S2/c23-17-6-8-18(9-7-17)26-20(27)14-19(21(26)28)30-22(29)25-12-10-24(11-13-25)15-16-4-2-1-3-5-16/h1-9,19H,10-15H2. The smallest absolute Gasteiger partial charge is 0.247 e. The summed E-state index contributed by atoms with van der Waals surface area (Å²) in [7, 11) is 0. The van der Waals surface area contributed by atoms with Gasteiger partial charge < -0.3 is 4.90 Å². The molecule has 2 heterocycles. The quantitative estimate of drug-likeness (QED) is 0.328. The molecule has 30 heavy (non-hydrogen) atoms. The highest BCUT2D eigenvalue weighted by Gasteiger charge is 2.41. The van der Waals surface area contributed by atoms with Crippen LogP contribution in [-0.2, 0) is 16.1 Å². The first-order valence-electron chi connectivity index (χ1n) is 9.85. The number of benzene rings is 2. The van der Waals surface area contributed by atoms with Gasteiger partial charge >= 0.3 is 0 Å². The van der Waals surface area contributed by atoms with Gasteiger partial charge in [0.15, 0.2) is 0 Å². The Morgan fingerprint density at radius 1 is 1.00 bits per heavy atom. The number of nitrogens with zero attached hydrogens (tertiary/aromatic N) is 3. The molecule has 4 rings (SSSR count). The molecule has 2 amide bonds. The van der Waals surface area contributed by atoms with Gasteiger partial charge in [-0.15, -0.1) is 0 Å². The van der Waals surface area contributed by atoms with Crippen molar-refractivity contribution in [2.75, 3.05) is 31.1 Å². The molecule has 2 aromatic carbocycles. The molecule has 0 spiro atoms. The van der Waals surface area contributed by atoms with Crippen LogP contribution in [0.15, 0.2) is 54.6 Å². The molecular weight excluding hydrogens is 529 g/mol. The van der Waals surface area contributed by atoms with Gasteiger partial charge in [-0.1, -0.05) is 54.3 Å². The maximum Gasteiger partial charge on any atom is 0.247 e. The molecule has 8 heteroatoms. The summed E-state index contributed by atoms with van der Waals surface area (Å²) in [5.41, 5.74) is 1.95. The summed E-state index contributed by atoms with van der Waals surface area (Å²) in [4.78, 5) is 31.2. The van der Waals surface area contributed by atoms with E-state index in [-0.39, 0.29) is 18.2 Å². The third-order valence-corrected chi connectivity index (χ3v) is 7.69. The van der Waals surface area contributed by atoms with Gasteiger partial charge in [0.1, 0.15) is 9.57 Å². The van der Waals surface area contributed by atoms with Crippen LogP contribution in [0.3, 0.4) is 0 Å². The van der Waals surface area contributed by atoms with E-state index in [0.717, 1.165) is 36.3 Å². The SMILES string of the molecule is O=C1CC(SC(=S)N2CCN(Cc3ccccc3)CC2)C(=O)N1c1ccc(I)cc1. The second-order valence-electron chi connectivity index (χ2n) is 7.37. The maximum atomic E-state index is 12.9. The Morgan fingerprint density at radius 3 is 2.33 bits per heavy atom. The Bertz CT molecular complexity index is 931. The number of imide groups is 1. The Hall–Kier alpha value is -1.49. The lowest BCUT2D eigenvalue weighted by Crippen LogP contribution is -2.47. The van der Waals surface area contributed by atoms with E-state index < -0.39 is 5.25 Å². The van der Waals surface area contributed by atoms with Crippen molar-refractivity contribution in [3.8, 4) is 0 Å². The van der Waals surface area contributed by atoms with Gasteiger partial charge in [-0.2, -0.15) is 0 Å². The molecule has 2 aromatic rings. The molecular formula is C22H22IN3O2S2. The van der Waals surface area contributed by atoms with Crippen molar-refractivity contribution in [2.45, 2.75) is 18.2 Å². The topological polar surface area (TPSA) is 43.9 Å². The van der Waals surface area contributed by atoms with Crippen LogP contribution >= 0.6 is 46.6 Å². The van der Waals surface area contributed by atoms with E-state index in [2.05, 4.69) is 56.7 Å². The number of amides is 2. The summed E-state index contributed by atoms with van der Waals surface area (Å²) >= 11 is 9.19. The van der Waals surface area contributed by atoms with Gasteiger partial charge in [-0.3, -0.25) is 14.5 Å². The molecule has 2 fully saturated rings. The van der Waals surface area contributed by atoms with Crippen LogP contribution in [0.5, 0.6) is 0 Å². The Morgan fingerprint density at radius 2 is 1.67 bits per heavy atom. The first-order chi connectivity index (χ1) is 14.5. The van der Waals surface area contributed by atoms with E-state index in [0.29, 0.717) is 10.0 Å². The van der Waals surface area contributed by atoms with Gasteiger partial charge in [-0.25, -0.2) is 4.90 Å². The minimum Gasteiger partial charge on any atom is -0.355 e. The maximum absolute atomic E-state index is 12.9. The number of anilines is 1. The highest BCUT2D eigenvalue weighted by atomic mass is 127. The second-order valence-corrected chi connectivity index (χ2v) is 10.5. The van der Waals surface area contributed by atoms with Crippen LogP contribution in [0.4, 0.5) is 5.69 Å². The average Bonchev–Trinajstić information content (AvgIpc) is 3.03. The van der Waals surface area contributed by atoms with Gasteiger partial charge in [-0.05, 0) is 52.4 Å². The van der Waals surface area contributed by atoms with Gasteiger partial charge in [0.2, 0.25) is 11.8 Å². The highest BCUT2D eigenvalue weighted by molar-refractivity contribution is 14.1. The first-order valence-corrected chi connectivity index (χ1v) is 12.2. The van der Waals surface area contributed by atoms with Crippen molar-refractivity contribution in [1.29, 1.82) is 0 Å². The molecule has 0 N–H and O–H groups in total. The minimum absolute atomic E-state index is 0.158. The number of thiocarbonyl (C=S) groups is 1. The van der Waals surface area contributed by atoms with Crippen LogP contribution < -0.4 is 4.90 Å². The monoisotopic (exact) mass is 551 g/mol. The summed E-state index contributed by atoms with van der Waals surface area (Å²) in [6.07, 6.45) is 0.198. The molecule has 1 atom stereocenters. The predicted molar refractivity (Wildman–Crippen MR) is 134 cm³/mol. The summed E-state index contributed by atoms with van der Waals surface area (Å²) < 4.78 is 1.78. The van der Waals surface area contributed by atoms with E-state index in [1.165, 1.54) is 22.2 Å². The van der Waals surface area contributed by atoms with Gasteiger partial charge in [0, 0.05) is 42.7 Å². The number of halogens is 1. The molecule has 0 radical (unpaired) electrons. The molecule has 2 aliphatic heterocycles. The van der Waals surface area contributed by atoms with Crippen LogP contribution in [0, 0.1) is 3.57 Å². The Labute approximate surface area is 199 Å². The number of hydrogen-bond acceptors (Lipinski definition) is 5. The average molecular weight is 551 g/mol. The zero-order valence-electron chi connectivity index (χ0n) is 16.4. The summed E-state index contributed by atoms with van der Waals surface area (Å²) in [5, 5.41) is -0.438. The largest absolute Gasteiger partial charge is 0.355 e. The molecule has 2 aliphatic rings. The second kappa shape index (κ2) is 9.76. The summed E-state index contributed by atoms with van der Waals surface area (Å²) in [6, 6.07) is 17.9. The van der Waals surface area contributed by atoms with Gasteiger partial charge in [0.05, 0.1) is 5.69 Å². The fraction of sp³-hybridized carbons (Fsp3) is 0.318. The van der Waals surface area contributed by atoms with Crippen molar-refractivity contribution < 1.29 is 9.59 Å². The Kier molecular flexibility index (Phi) is 7.07. The van der Waals surface area contributed by atoms with Crippen LogP contribution in [0.25, 0.3) is 0 Å². The molecule has 2 saturated heterocycles. The first kappa shape index (κ1) is 21.7. The zero-order valence-corrected chi connectivity index (χ0v) is 20.2. The third-order valence-electron chi connectivity index (χ3n) is 5.31. The van der Waals surface area contributed by atoms with Gasteiger partial charge in [0.25, 0.3) is 0 Å². The number of rotatable bonds is 4. The Balaban J connectivity index is 1.30. The lowest BCUT2D eigenvalue weighted by atomic mass is 10.2. The van der Waals surface area contributed by atoms with Crippen molar-refractivity contribution in [3.05, 3.63) is 63.7 Å². The minimum atomic E-state index is -0.438. The molecule has 0 saturated carbocycles. The van der Waals surface area contributed by atoms with E-state index in [1.807, 2.05) is 30.3 Å². The fourth-order valence-electron chi connectivity index (χ4n) is 3.68. The normalized spacial score (nSPS) is 20.1. The molecule has 5 nitrogen and oxygen atoms in total. The van der Waals surface area contributed by atoms with Crippen molar-refractivity contribution in [1.82, 2.24) is 9.80 Å². The third kappa shape index (κ3) is 5.04. The lowest BCUT2D eigenvalue weighted by Gasteiger charge is -2.36. The van der Waals surface area contributed by atoms with E-state index in [9.17, 15) is 9.59 Å². The molecule has 0 bridgehead atoms. The van der Waals surface area contributed by atoms with Crippen LogP contribution in [0.1, 0.15) is 12.0 Å². The number of piperazine rings is 1. The number of thioether (sulfide) groups is 1. The summed E-state index contributed by atoms with van der Waals surface area (Å²) in [6.45, 7) is 4.49. The zero-order chi connectivity index (χ0) is 21.1. The van der Waals surface area contributed by atoms with Crippen molar-refractivity contribution >= 4 is 68.4 Å². The molecule has 1 unspecified atom stereocenters. The highest BCUT2D eigenvalue weighted by Crippen LogP contribution is 2.31. The van der Waals surface area contributed by atoms with Crippen LogP contribution in [0.2, 0.25) is 0 Å². The fourth-order valence-corrected chi connectivity index (χ4v) is 5.58. The number of carbonyl (C=O) groups excluding carboxylic acids is 2. The van der Waals surface area contributed by atoms with E-state index in [4.69, 9.17) is 12.2 Å². The molecule has 0 aliphatic carbocycles. The van der Waals surface area contributed by atoms with Crippen LogP contribution in [-0.4, -0.2) is 57.4 Å². The number of hydrogen-bond donors (Lipinski definition) is 0. The van der Waals surface area contributed by atoms with E-state index >= 15 is 0 Å². The van der Waals surface area contributed by atoms with Crippen molar-refractivity contribution in [2.24, 2.45) is 0 Å². The number of carbonyl (C=O) groups is 2. The van der Waals surface area contributed by atoms with Crippen molar-refractivity contribution in [3.63, 3.8) is 0 Å². The van der Waals surface area contributed by atoms with E-state index in [1.54, 1.807) is 0 Å². The molecule has 0 aromatic heterocycles.